The van der Waals surface area contributed by atoms with E-state index >= 15 is 0 Å². The lowest BCUT2D eigenvalue weighted by Gasteiger charge is -2.09. The van der Waals surface area contributed by atoms with Crippen molar-refractivity contribution in [3.63, 3.8) is 0 Å². The van der Waals surface area contributed by atoms with E-state index in [-0.39, 0.29) is 0 Å². The molecular formula is C10H19N. The summed E-state index contributed by atoms with van der Waals surface area (Å²) in [5, 5.41) is 0. The first-order valence-electron chi connectivity index (χ1n) is 4.21. The van der Waals surface area contributed by atoms with Crippen molar-refractivity contribution in [1.82, 2.24) is 0 Å². The third-order valence-electron chi connectivity index (χ3n) is 1.92. The summed E-state index contributed by atoms with van der Waals surface area (Å²) >= 11 is 0. The van der Waals surface area contributed by atoms with E-state index in [2.05, 4.69) is 27.7 Å². The van der Waals surface area contributed by atoms with Crippen LogP contribution in [0, 0.1) is 5.92 Å². The van der Waals surface area contributed by atoms with Gasteiger partial charge in [0.15, 0.2) is 0 Å². The van der Waals surface area contributed by atoms with Gasteiger partial charge in [-0.1, -0.05) is 26.3 Å². The maximum atomic E-state index is 5.34. The van der Waals surface area contributed by atoms with Crippen molar-refractivity contribution in [2.45, 2.75) is 34.1 Å². The highest BCUT2D eigenvalue weighted by atomic mass is 14.5. The molecule has 0 amide bonds. The Hall–Kier alpha value is -0.720. The van der Waals surface area contributed by atoms with Gasteiger partial charge >= 0.3 is 0 Å². The molecule has 0 aromatic carbocycles. The van der Waals surface area contributed by atoms with E-state index < -0.39 is 0 Å². The molecule has 0 rings (SSSR count). The second kappa shape index (κ2) is 5.00. The van der Waals surface area contributed by atoms with E-state index in [9.17, 15) is 0 Å². The quantitative estimate of drug-likeness (QED) is 0.620. The van der Waals surface area contributed by atoms with Gasteiger partial charge < -0.3 is 5.73 Å². The molecule has 0 aliphatic carbocycles. The Morgan fingerprint density at radius 1 is 1.45 bits per heavy atom. The molecular weight excluding hydrogens is 134 g/mol. The van der Waals surface area contributed by atoms with E-state index in [0.29, 0.717) is 5.92 Å². The van der Waals surface area contributed by atoms with E-state index in [4.69, 9.17) is 5.73 Å². The molecule has 0 radical (unpaired) electrons. The third kappa shape index (κ3) is 3.26. The van der Waals surface area contributed by atoms with Crippen LogP contribution in [0.15, 0.2) is 23.4 Å². The Morgan fingerprint density at radius 2 is 2.00 bits per heavy atom. The van der Waals surface area contributed by atoms with Crippen LogP contribution in [0.2, 0.25) is 0 Å². The second-order valence-corrected chi connectivity index (χ2v) is 3.10. The number of hydrogen-bond acceptors (Lipinski definition) is 1. The maximum Gasteiger partial charge on any atom is -0.00595 e. The smallest absolute Gasteiger partial charge is 0.00595 e. The highest BCUT2D eigenvalue weighted by Crippen LogP contribution is 2.17. The minimum absolute atomic E-state index is 0.578. The van der Waals surface area contributed by atoms with Crippen LogP contribution in [0.1, 0.15) is 34.1 Å². The highest BCUT2D eigenvalue weighted by molar-refractivity contribution is 5.25. The zero-order valence-electron chi connectivity index (χ0n) is 8.02. The number of allylic oxidation sites excluding steroid dienone is 3. The first-order chi connectivity index (χ1) is 5.13. The Kier molecular flexibility index (Phi) is 4.67. The molecule has 11 heavy (non-hydrogen) atoms. The topological polar surface area (TPSA) is 26.0 Å². The van der Waals surface area contributed by atoms with E-state index in [1.54, 1.807) is 6.20 Å². The van der Waals surface area contributed by atoms with Gasteiger partial charge in [-0.05, 0) is 37.1 Å². The molecule has 0 aromatic rings. The van der Waals surface area contributed by atoms with Crippen molar-refractivity contribution in [2.75, 3.05) is 0 Å². The van der Waals surface area contributed by atoms with Gasteiger partial charge in [0.25, 0.3) is 0 Å². The predicted molar refractivity (Wildman–Crippen MR) is 51.2 cm³/mol. The summed E-state index contributed by atoms with van der Waals surface area (Å²) in [6.07, 6.45) is 4.73. The van der Waals surface area contributed by atoms with Crippen molar-refractivity contribution in [1.29, 1.82) is 0 Å². The van der Waals surface area contributed by atoms with Crippen molar-refractivity contribution in [2.24, 2.45) is 11.7 Å². The fraction of sp³-hybridized carbons (Fsp3) is 0.600. The van der Waals surface area contributed by atoms with Crippen LogP contribution in [0.5, 0.6) is 0 Å². The zero-order chi connectivity index (χ0) is 8.85. The maximum absolute atomic E-state index is 5.34. The number of hydrogen-bond donors (Lipinski definition) is 1. The average Bonchev–Trinajstić information content (AvgIpc) is 1.98. The van der Waals surface area contributed by atoms with E-state index in [1.165, 1.54) is 11.1 Å². The summed E-state index contributed by atoms with van der Waals surface area (Å²) in [5.74, 6) is 0.578. The Bertz CT molecular complexity index is 164. The van der Waals surface area contributed by atoms with Gasteiger partial charge in [0.1, 0.15) is 0 Å². The molecule has 0 heterocycles. The zero-order valence-corrected chi connectivity index (χ0v) is 8.02. The fourth-order valence-corrected chi connectivity index (χ4v) is 1.14. The SMILES string of the molecule is CC/C(C)=C(/C=C\N)C(C)C. The van der Waals surface area contributed by atoms with Crippen molar-refractivity contribution >= 4 is 0 Å². The summed E-state index contributed by atoms with van der Waals surface area (Å²) in [4.78, 5) is 0. The summed E-state index contributed by atoms with van der Waals surface area (Å²) < 4.78 is 0. The molecule has 1 nitrogen and oxygen atoms in total. The molecule has 1 heteroatoms. The van der Waals surface area contributed by atoms with Crippen LogP contribution >= 0.6 is 0 Å². The molecule has 0 saturated heterocycles. The number of rotatable bonds is 3. The van der Waals surface area contributed by atoms with Crippen molar-refractivity contribution < 1.29 is 0 Å². The summed E-state index contributed by atoms with van der Waals surface area (Å²) in [5.41, 5.74) is 8.15. The lowest BCUT2D eigenvalue weighted by Crippen LogP contribution is -1.95. The summed E-state index contributed by atoms with van der Waals surface area (Å²) in [6, 6.07) is 0. The molecule has 64 valence electrons. The first kappa shape index (κ1) is 10.3. The van der Waals surface area contributed by atoms with Gasteiger partial charge in [0.05, 0.1) is 0 Å². The van der Waals surface area contributed by atoms with E-state index in [0.717, 1.165) is 6.42 Å². The van der Waals surface area contributed by atoms with Crippen molar-refractivity contribution in [3.05, 3.63) is 23.4 Å². The summed E-state index contributed by atoms with van der Waals surface area (Å²) in [6.45, 7) is 8.71. The van der Waals surface area contributed by atoms with Gasteiger partial charge in [0.2, 0.25) is 0 Å². The Labute approximate surface area is 70.0 Å². The molecule has 0 saturated carbocycles. The minimum Gasteiger partial charge on any atom is -0.405 e. The van der Waals surface area contributed by atoms with Crippen LogP contribution in [-0.2, 0) is 0 Å². The highest BCUT2D eigenvalue weighted by Gasteiger charge is 2.01. The van der Waals surface area contributed by atoms with Crippen LogP contribution in [-0.4, -0.2) is 0 Å². The third-order valence-corrected chi connectivity index (χ3v) is 1.92. The average molecular weight is 153 g/mol. The monoisotopic (exact) mass is 153 g/mol. The largest absolute Gasteiger partial charge is 0.405 e. The lowest BCUT2D eigenvalue weighted by atomic mass is 9.97. The van der Waals surface area contributed by atoms with Gasteiger partial charge in [-0.25, -0.2) is 0 Å². The standard InChI is InChI=1S/C10H19N/c1-5-9(4)10(6-7-11)8(2)3/h6-8H,5,11H2,1-4H3/b7-6-,10-9-. The summed E-state index contributed by atoms with van der Waals surface area (Å²) in [7, 11) is 0. The molecule has 0 aliphatic rings. The minimum atomic E-state index is 0.578. The number of nitrogens with two attached hydrogens (primary N) is 1. The van der Waals surface area contributed by atoms with Crippen LogP contribution in [0.25, 0.3) is 0 Å². The Morgan fingerprint density at radius 3 is 2.27 bits per heavy atom. The Balaban J connectivity index is 4.57. The molecule has 2 N–H and O–H groups in total. The van der Waals surface area contributed by atoms with Crippen LogP contribution in [0.3, 0.4) is 0 Å². The lowest BCUT2D eigenvalue weighted by molar-refractivity contribution is 0.770. The molecule has 0 aliphatic heterocycles. The molecule has 0 aromatic heterocycles. The van der Waals surface area contributed by atoms with Gasteiger partial charge in [-0.2, -0.15) is 0 Å². The van der Waals surface area contributed by atoms with Crippen LogP contribution < -0.4 is 5.73 Å². The van der Waals surface area contributed by atoms with E-state index in [1.807, 2.05) is 6.08 Å². The van der Waals surface area contributed by atoms with Gasteiger partial charge in [-0.3, -0.25) is 0 Å². The molecule has 0 bridgehead atoms. The molecule has 0 atom stereocenters. The van der Waals surface area contributed by atoms with Crippen LogP contribution in [0.4, 0.5) is 0 Å². The second-order valence-electron chi connectivity index (χ2n) is 3.10. The molecule has 0 spiro atoms. The molecule has 0 unspecified atom stereocenters. The normalized spacial score (nSPS) is 14.3. The fourth-order valence-electron chi connectivity index (χ4n) is 1.14. The molecule has 0 fully saturated rings. The predicted octanol–water partition coefficient (Wildman–Crippen LogP) is 2.84. The van der Waals surface area contributed by atoms with Gasteiger partial charge in [0, 0.05) is 0 Å². The first-order valence-corrected chi connectivity index (χ1v) is 4.21. The van der Waals surface area contributed by atoms with Crippen molar-refractivity contribution in [3.8, 4) is 0 Å². The van der Waals surface area contributed by atoms with Gasteiger partial charge in [-0.15, -0.1) is 0 Å².